The molecule has 104 valence electrons. The third-order valence-electron chi connectivity index (χ3n) is 2.67. The van der Waals surface area contributed by atoms with Crippen LogP contribution in [0.25, 0.3) is 0 Å². The Labute approximate surface area is 117 Å². The molecule has 4 heteroatoms. The molecule has 0 heterocycles. The number of carbonyl (C=O) groups excluding carboxylic acids is 1. The van der Waals surface area contributed by atoms with Gasteiger partial charge in [0, 0.05) is 0 Å². The molecular weight excluding hydrogens is 259 g/mol. The van der Waals surface area contributed by atoms with Crippen LogP contribution in [-0.2, 0) is 4.74 Å². The Kier molecular flexibility index (Phi) is 4.71. The van der Waals surface area contributed by atoms with E-state index < -0.39 is 11.8 Å². The van der Waals surface area contributed by atoms with Crippen LogP contribution in [0.3, 0.4) is 0 Å². The van der Waals surface area contributed by atoms with Crippen molar-refractivity contribution in [1.82, 2.24) is 0 Å². The van der Waals surface area contributed by atoms with Gasteiger partial charge in [-0.15, -0.1) is 0 Å². The fourth-order valence-corrected chi connectivity index (χ4v) is 1.67. The molecular formula is C16H15FO3. The Balaban J connectivity index is 1.80. The van der Waals surface area contributed by atoms with Gasteiger partial charge in [-0.2, -0.15) is 0 Å². The predicted molar refractivity (Wildman–Crippen MR) is 73.4 cm³/mol. The third kappa shape index (κ3) is 3.82. The zero-order valence-electron chi connectivity index (χ0n) is 11.1. The lowest BCUT2D eigenvalue weighted by Crippen LogP contribution is -2.13. The molecule has 0 atom stereocenters. The van der Waals surface area contributed by atoms with Crippen molar-refractivity contribution in [3.63, 3.8) is 0 Å². The molecule has 20 heavy (non-hydrogen) atoms. The number of esters is 1. The molecule has 0 aliphatic heterocycles. The Morgan fingerprint density at radius 2 is 1.85 bits per heavy atom. The molecule has 2 aromatic carbocycles. The summed E-state index contributed by atoms with van der Waals surface area (Å²) >= 11 is 0. The lowest BCUT2D eigenvalue weighted by Gasteiger charge is -2.08. The summed E-state index contributed by atoms with van der Waals surface area (Å²) in [6.45, 7) is 2.05. The number of halogens is 1. The van der Waals surface area contributed by atoms with Gasteiger partial charge in [0.15, 0.2) is 0 Å². The Morgan fingerprint density at radius 1 is 1.10 bits per heavy atom. The highest BCUT2D eigenvalue weighted by Gasteiger charge is 2.12. The average Bonchev–Trinajstić information content (AvgIpc) is 2.44. The second-order valence-corrected chi connectivity index (χ2v) is 4.28. The van der Waals surface area contributed by atoms with Crippen molar-refractivity contribution in [1.29, 1.82) is 0 Å². The average molecular weight is 274 g/mol. The van der Waals surface area contributed by atoms with E-state index in [0.29, 0.717) is 5.75 Å². The van der Waals surface area contributed by atoms with Gasteiger partial charge in [0.05, 0.1) is 5.56 Å². The van der Waals surface area contributed by atoms with Gasteiger partial charge in [0.25, 0.3) is 0 Å². The highest BCUT2D eigenvalue weighted by Crippen LogP contribution is 2.11. The molecule has 2 aromatic rings. The maximum absolute atomic E-state index is 13.5. The van der Waals surface area contributed by atoms with E-state index in [-0.39, 0.29) is 18.8 Å². The lowest BCUT2D eigenvalue weighted by atomic mass is 10.1. The fraction of sp³-hybridized carbons (Fsp3) is 0.188. The van der Waals surface area contributed by atoms with Crippen LogP contribution in [-0.4, -0.2) is 19.2 Å². The fourth-order valence-electron chi connectivity index (χ4n) is 1.67. The maximum atomic E-state index is 13.5. The topological polar surface area (TPSA) is 35.5 Å². The summed E-state index contributed by atoms with van der Waals surface area (Å²) in [7, 11) is 0. The molecule has 0 radical (unpaired) electrons. The van der Waals surface area contributed by atoms with Crippen LogP contribution in [0.15, 0.2) is 48.5 Å². The predicted octanol–water partition coefficient (Wildman–Crippen LogP) is 3.37. The van der Waals surface area contributed by atoms with Gasteiger partial charge in [0.1, 0.15) is 24.8 Å². The minimum Gasteiger partial charge on any atom is -0.490 e. The van der Waals surface area contributed by atoms with Crippen LogP contribution in [0.5, 0.6) is 5.75 Å². The van der Waals surface area contributed by atoms with Crippen molar-refractivity contribution in [3.05, 3.63) is 65.5 Å². The molecule has 0 bridgehead atoms. The SMILES string of the molecule is Cc1ccc(C(=O)OCCOc2ccccc2)c(F)c1. The van der Waals surface area contributed by atoms with Crippen LogP contribution in [0.4, 0.5) is 4.39 Å². The minimum absolute atomic E-state index is 0.0599. The zero-order chi connectivity index (χ0) is 14.4. The molecule has 0 N–H and O–H groups in total. The van der Waals surface area contributed by atoms with E-state index >= 15 is 0 Å². The largest absolute Gasteiger partial charge is 0.490 e. The molecule has 0 aliphatic carbocycles. The molecule has 0 aliphatic rings. The molecule has 0 aromatic heterocycles. The van der Waals surface area contributed by atoms with Crippen LogP contribution in [0.1, 0.15) is 15.9 Å². The number of benzene rings is 2. The summed E-state index contributed by atoms with van der Waals surface area (Å²) in [6.07, 6.45) is 0. The summed E-state index contributed by atoms with van der Waals surface area (Å²) in [5, 5.41) is 0. The molecule has 0 amide bonds. The summed E-state index contributed by atoms with van der Waals surface area (Å²) in [6, 6.07) is 13.6. The number of para-hydroxylation sites is 1. The summed E-state index contributed by atoms with van der Waals surface area (Å²) in [5.41, 5.74) is 0.696. The van der Waals surface area contributed by atoms with E-state index in [1.807, 2.05) is 30.3 Å². The second kappa shape index (κ2) is 6.70. The Hall–Kier alpha value is -2.36. The highest BCUT2D eigenvalue weighted by atomic mass is 19.1. The van der Waals surface area contributed by atoms with Crippen molar-refractivity contribution in [2.75, 3.05) is 13.2 Å². The standard InChI is InChI=1S/C16H15FO3/c1-12-7-8-14(15(17)11-12)16(18)20-10-9-19-13-5-3-2-4-6-13/h2-8,11H,9-10H2,1H3. The molecule has 3 nitrogen and oxygen atoms in total. The first kappa shape index (κ1) is 14.1. The molecule has 2 rings (SSSR count). The number of aryl methyl sites for hydroxylation is 1. The maximum Gasteiger partial charge on any atom is 0.341 e. The Bertz CT molecular complexity index is 582. The van der Waals surface area contributed by atoms with Crippen LogP contribution in [0.2, 0.25) is 0 Å². The van der Waals surface area contributed by atoms with Gasteiger partial charge in [-0.3, -0.25) is 0 Å². The summed E-state index contributed by atoms with van der Waals surface area (Å²) < 4.78 is 23.9. The quantitative estimate of drug-likeness (QED) is 0.619. The first-order valence-corrected chi connectivity index (χ1v) is 6.28. The number of hydrogen-bond donors (Lipinski definition) is 0. The first-order valence-electron chi connectivity index (χ1n) is 6.28. The van der Waals surface area contributed by atoms with E-state index in [9.17, 15) is 9.18 Å². The van der Waals surface area contributed by atoms with Gasteiger partial charge in [-0.05, 0) is 36.8 Å². The minimum atomic E-state index is -0.681. The van der Waals surface area contributed by atoms with E-state index in [4.69, 9.17) is 9.47 Å². The monoisotopic (exact) mass is 274 g/mol. The van der Waals surface area contributed by atoms with E-state index in [0.717, 1.165) is 5.56 Å². The normalized spacial score (nSPS) is 10.1. The van der Waals surface area contributed by atoms with Crippen molar-refractivity contribution in [2.45, 2.75) is 6.92 Å². The van der Waals surface area contributed by atoms with E-state index in [1.54, 1.807) is 13.0 Å². The van der Waals surface area contributed by atoms with Crippen molar-refractivity contribution >= 4 is 5.97 Å². The third-order valence-corrected chi connectivity index (χ3v) is 2.67. The molecule has 0 spiro atoms. The van der Waals surface area contributed by atoms with Crippen LogP contribution in [0, 0.1) is 12.7 Å². The van der Waals surface area contributed by atoms with Gasteiger partial charge >= 0.3 is 5.97 Å². The van der Waals surface area contributed by atoms with Crippen LogP contribution < -0.4 is 4.74 Å². The molecule has 0 unspecified atom stereocenters. The number of carbonyl (C=O) groups is 1. The van der Waals surface area contributed by atoms with Crippen molar-refractivity contribution in [2.24, 2.45) is 0 Å². The van der Waals surface area contributed by atoms with Crippen LogP contribution >= 0.6 is 0 Å². The van der Waals surface area contributed by atoms with E-state index in [1.165, 1.54) is 12.1 Å². The van der Waals surface area contributed by atoms with Crippen molar-refractivity contribution in [3.8, 4) is 5.75 Å². The molecule has 0 saturated heterocycles. The second-order valence-electron chi connectivity index (χ2n) is 4.28. The van der Waals surface area contributed by atoms with Crippen molar-refractivity contribution < 1.29 is 18.7 Å². The Morgan fingerprint density at radius 3 is 2.55 bits per heavy atom. The number of hydrogen-bond acceptors (Lipinski definition) is 3. The lowest BCUT2D eigenvalue weighted by molar-refractivity contribution is 0.0445. The summed E-state index contributed by atoms with van der Waals surface area (Å²) in [4.78, 5) is 11.7. The molecule has 0 fully saturated rings. The number of ether oxygens (including phenoxy) is 2. The van der Waals surface area contributed by atoms with Gasteiger partial charge in [-0.25, -0.2) is 9.18 Å². The smallest absolute Gasteiger partial charge is 0.341 e. The number of rotatable bonds is 5. The zero-order valence-corrected chi connectivity index (χ0v) is 11.1. The van der Waals surface area contributed by atoms with Gasteiger partial charge in [0.2, 0.25) is 0 Å². The van der Waals surface area contributed by atoms with E-state index in [2.05, 4.69) is 0 Å². The molecule has 0 saturated carbocycles. The first-order chi connectivity index (χ1) is 9.66. The summed E-state index contributed by atoms with van der Waals surface area (Å²) in [5.74, 6) is -0.553. The van der Waals surface area contributed by atoms with Gasteiger partial charge < -0.3 is 9.47 Å². The highest BCUT2D eigenvalue weighted by molar-refractivity contribution is 5.89. The van der Waals surface area contributed by atoms with Gasteiger partial charge in [-0.1, -0.05) is 24.3 Å².